The van der Waals surface area contributed by atoms with Gasteiger partial charge in [0.2, 0.25) is 0 Å². The van der Waals surface area contributed by atoms with Crippen molar-refractivity contribution in [3.8, 4) is 0 Å². The zero-order valence-electron chi connectivity index (χ0n) is 9.87. The van der Waals surface area contributed by atoms with Crippen molar-refractivity contribution in [2.24, 2.45) is 4.99 Å². The van der Waals surface area contributed by atoms with Crippen LogP contribution in [0.1, 0.15) is 19.4 Å². The zero-order chi connectivity index (χ0) is 13.5. The van der Waals surface area contributed by atoms with E-state index in [2.05, 4.69) is 4.99 Å². The minimum absolute atomic E-state index is 0.142. The van der Waals surface area contributed by atoms with Crippen molar-refractivity contribution in [1.29, 1.82) is 0 Å². The van der Waals surface area contributed by atoms with Crippen LogP contribution in [0.3, 0.4) is 0 Å². The number of allylic oxidation sites excluding steroid dienone is 1. The summed E-state index contributed by atoms with van der Waals surface area (Å²) >= 11 is 12.1. The highest BCUT2D eigenvalue weighted by Gasteiger charge is 2.38. The normalized spacial score (nSPS) is 17.3. The molecule has 94 valence electrons. The molecular formula is C13H11Cl2NO2. The van der Waals surface area contributed by atoms with Crippen molar-refractivity contribution < 1.29 is 9.90 Å². The number of hydrogen-bond acceptors (Lipinski definition) is 3. The van der Waals surface area contributed by atoms with E-state index in [4.69, 9.17) is 28.3 Å². The Hall–Kier alpha value is -1.32. The molecule has 0 unspecified atom stereocenters. The number of fused-ring (bicyclic) bond motifs is 1. The maximum absolute atomic E-state index is 10.9. The Kier molecular flexibility index (Phi) is 3.21. The van der Waals surface area contributed by atoms with Gasteiger partial charge in [0.15, 0.2) is 6.29 Å². The van der Waals surface area contributed by atoms with Crippen LogP contribution in [0.15, 0.2) is 29.0 Å². The lowest BCUT2D eigenvalue weighted by Gasteiger charge is -2.23. The third-order valence-corrected chi connectivity index (χ3v) is 3.54. The first-order chi connectivity index (χ1) is 8.41. The molecule has 0 saturated heterocycles. The Morgan fingerprint density at radius 1 is 1.39 bits per heavy atom. The number of rotatable bonds is 2. The Balaban J connectivity index is 2.68. The van der Waals surface area contributed by atoms with Crippen LogP contribution in [-0.2, 0) is 10.2 Å². The standard InChI is InChI=1S/C13H11Cl2NO2/c1-13(2)11-9(15)3-8(14)4-10(11)16-12(13)7(5-17)6-18/h3-6,17H,1-2H3/b7-5+. The highest BCUT2D eigenvalue weighted by atomic mass is 35.5. The summed E-state index contributed by atoms with van der Waals surface area (Å²) in [6, 6.07) is 3.34. The monoisotopic (exact) mass is 283 g/mol. The van der Waals surface area contributed by atoms with Crippen LogP contribution in [0.25, 0.3) is 0 Å². The molecule has 3 nitrogen and oxygen atoms in total. The van der Waals surface area contributed by atoms with Gasteiger partial charge in [-0.2, -0.15) is 0 Å². The van der Waals surface area contributed by atoms with E-state index < -0.39 is 5.41 Å². The SMILES string of the molecule is CC1(C)C(/C(C=O)=C/O)=Nc2cc(Cl)cc(Cl)c21. The largest absolute Gasteiger partial charge is 0.515 e. The van der Waals surface area contributed by atoms with Gasteiger partial charge in [-0.05, 0) is 26.0 Å². The van der Waals surface area contributed by atoms with E-state index in [1.807, 2.05) is 13.8 Å². The van der Waals surface area contributed by atoms with Gasteiger partial charge in [-0.1, -0.05) is 23.2 Å². The van der Waals surface area contributed by atoms with Crippen LogP contribution in [-0.4, -0.2) is 17.1 Å². The van der Waals surface area contributed by atoms with Crippen molar-refractivity contribution in [1.82, 2.24) is 0 Å². The Bertz CT molecular complexity index is 589. The van der Waals surface area contributed by atoms with Crippen molar-refractivity contribution in [3.05, 3.63) is 39.6 Å². The number of aliphatic imine (C=N–C) groups is 1. The molecule has 1 heterocycles. The molecular weight excluding hydrogens is 273 g/mol. The molecule has 1 aliphatic heterocycles. The highest BCUT2D eigenvalue weighted by molar-refractivity contribution is 6.37. The smallest absolute Gasteiger partial charge is 0.155 e. The number of nitrogens with zero attached hydrogens (tertiary/aromatic N) is 1. The van der Waals surface area contributed by atoms with Gasteiger partial charge >= 0.3 is 0 Å². The van der Waals surface area contributed by atoms with Gasteiger partial charge in [0, 0.05) is 21.0 Å². The number of aliphatic hydroxyl groups excluding tert-OH is 1. The Labute approximate surface area is 115 Å². The Morgan fingerprint density at radius 2 is 2.06 bits per heavy atom. The van der Waals surface area contributed by atoms with Crippen molar-refractivity contribution in [2.45, 2.75) is 19.3 Å². The van der Waals surface area contributed by atoms with Crippen LogP contribution in [0.5, 0.6) is 0 Å². The summed E-state index contributed by atoms with van der Waals surface area (Å²) in [6.07, 6.45) is 1.33. The lowest BCUT2D eigenvalue weighted by atomic mass is 9.79. The molecule has 0 aliphatic carbocycles. The van der Waals surface area contributed by atoms with E-state index >= 15 is 0 Å². The summed E-state index contributed by atoms with van der Waals surface area (Å²) in [5.74, 6) is 0. The number of aldehydes is 1. The molecule has 0 spiro atoms. The fraction of sp³-hybridized carbons (Fsp3) is 0.231. The molecule has 2 rings (SSSR count). The predicted octanol–water partition coefficient (Wildman–Crippen LogP) is 4.00. The van der Waals surface area contributed by atoms with Gasteiger partial charge in [-0.3, -0.25) is 9.79 Å². The first-order valence-corrected chi connectivity index (χ1v) is 6.06. The maximum Gasteiger partial charge on any atom is 0.155 e. The van der Waals surface area contributed by atoms with Crippen molar-refractivity contribution in [2.75, 3.05) is 0 Å². The first-order valence-electron chi connectivity index (χ1n) is 5.30. The molecule has 18 heavy (non-hydrogen) atoms. The van der Waals surface area contributed by atoms with Crippen LogP contribution in [0.4, 0.5) is 5.69 Å². The summed E-state index contributed by atoms with van der Waals surface area (Å²) in [7, 11) is 0. The quantitative estimate of drug-likeness (QED) is 0.507. The van der Waals surface area contributed by atoms with Crippen molar-refractivity contribution in [3.63, 3.8) is 0 Å². The summed E-state index contributed by atoms with van der Waals surface area (Å²) in [4.78, 5) is 15.3. The van der Waals surface area contributed by atoms with Crippen LogP contribution in [0.2, 0.25) is 10.0 Å². The summed E-state index contributed by atoms with van der Waals surface area (Å²) < 4.78 is 0. The minimum Gasteiger partial charge on any atom is -0.515 e. The molecule has 5 heteroatoms. The molecule has 1 N–H and O–H groups in total. The van der Waals surface area contributed by atoms with Gasteiger partial charge < -0.3 is 5.11 Å². The second-order valence-electron chi connectivity index (χ2n) is 4.57. The fourth-order valence-electron chi connectivity index (χ4n) is 2.22. The molecule has 0 saturated carbocycles. The number of halogens is 2. The number of carbonyl (C=O) groups excluding carboxylic acids is 1. The molecule has 0 bridgehead atoms. The van der Waals surface area contributed by atoms with E-state index in [9.17, 15) is 4.79 Å². The summed E-state index contributed by atoms with van der Waals surface area (Å²) in [5.41, 5.74) is 1.52. The second kappa shape index (κ2) is 4.41. The van der Waals surface area contributed by atoms with Gasteiger partial charge in [0.25, 0.3) is 0 Å². The molecule has 0 atom stereocenters. The summed E-state index contributed by atoms with van der Waals surface area (Å²) in [6.45, 7) is 3.79. The van der Waals surface area contributed by atoms with Gasteiger partial charge in [0.05, 0.1) is 23.2 Å². The Morgan fingerprint density at radius 3 is 2.61 bits per heavy atom. The third kappa shape index (κ3) is 1.84. The van der Waals surface area contributed by atoms with Gasteiger partial charge in [-0.15, -0.1) is 0 Å². The molecule has 0 fully saturated rings. The van der Waals surface area contributed by atoms with E-state index in [-0.39, 0.29) is 5.57 Å². The average molecular weight is 284 g/mol. The number of carbonyl (C=O) groups is 1. The molecule has 0 aromatic heterocycles. The second-order valence-corrected chi connectivity index (χ2v) is 5.41. The highest BCUT2D eigenvalue weighted by Crippen LogP contribution is 2.46. The van der Waals surface area contributed by atoms with E-state index in [0.29, 0.717) is 27.7 Å². The van der Waals surface area contributed by atoms with E-state index in [1.165, 1.54) is 0 Å². The molecule has 1 aliphatic rings. The molecule has 0 amide bonds. The molecule has 1 aromatic rings. The first kappa shape index (κ1) is 13.1. The average Bonchev–Trinajstić information content (AvgIpc) is 2.52. The van der Waals surface area contributed by atoms with Crippen LogP contribution < -0.4 is 0 Å². The zero-order valence-corrected chi connectivity index (χ0v) is 11.4. The van der Waals surface area contributed by atoms with Crippen LogP contribution >= 0.6 is 23.2 Å². The lowest BCUT2D eigenvalue weighted by molar-refractivity contribution is -0.104. The third-order valence-electron chi connectivity index (χ3n) is 3.02. The number of hydrogen-bond donors (Lipinski definition) is 1. The summed E-state index contributed by atoms with van der Waals surface area (Å²) in [5, 5.41) is 10.1. The van der Waals surface area contributed by atoms with Crippen LogP contribution in [0, 0.1) is 0 Å². The van der Waals surface area contributed by atoms with E-state index in [1.54, 1.807) is 12.1 Å². The van der Waals surface area contributed by atoms with Gasteiger partial charge in [0.1, 0.15) is 0 Å². The topological polar surface area (TPSA) is 49.7 Å². The van der Waals surface area contributed by atoms with E-state index in [0.717, 1.165) is 11.8 Å². The molecule has 1 aromatic carbocycles. The minimum atomic E-state index is -0.549. The fourth-order valence-corrected chi connectivity index (χ4v) is 2.94. The maximum atomic E-state index is 10.9. The van der Waals surface area contributed by atoms with Gasteiger partial charge in [-0.25, -0.2) is 0 Å². The number of aliphatic hydroxyl groups is 1. The lowest BCUT2D eigenvalue weighted by Crippen LogP contribution is -2.28. The van der Waals surface area contributed by atoms with Crippen molar-refractivity contribution >= 4 is 40.9 Å². The number of benzene rings is 1. The predicted molar refractivity (Wildman–Crippen MR) is 73.4 cm³/mol. The molecule has 0 radical (unpaired) electrons.